The number of nitrogens with zero attached hydrogens (tertiary/aromatic N) is 2. The van der Waals surface area contributed by atoms with Crippen LogP contribution in [0, 0.1) is 5.92 Å². The summed E-state index contributed by atoms with van der Waals surface area (Å²) in [7, 11) is 0. The minimum absolute atomic E-state index is 0.128. The van der Waals surface area contributed by atoms with Gasteiger partial charge in [0.15, 0.2) is 0 Å². The van der Waals surface area contributed by atoms with Gasteiger partial charge in [0.2, 0.25) is 5.91 Å². The van der Waals surface area contributed by atoms with Crippen molar-refractivity contribution < 1.29 is 14.3 Å². The molecule has 4 rings (SSSR count). The van der Waals surface area contributed by atoms with Crippen LogP contribution >= 0.6 is 0 Å². The first-order valence-electron chi connectivity index (χ1n) is 9.98. The minimum atomic E-state index is -0.379. The van der Waals surface area contributed by atoms with Crippen LogP contribution in [0.4, 0.5) is 0 Å². The van der Waals surface area contributed by atoms with E-state index in [4.69, 9.17) is 20.2 Å². The normalized spacial score (nSPS) is 14.9. The maximum Gasteiger partial charge on any atom is 0.231 e. The smallest absolute Gasteiger partial charge is 0.231 e. The number of amides is 1. The predicted molar refractivity (Wildman–Crippen MR) is 111 cm³/mol. The molecule has 0 radical (unpaired) electrons. The van der Waals surface area contributed by atoms with Crippen molar-refractivity contribution >= 4 is 16.9 Å². The lowest BCUT2D eigenvalue weighted by atomic mass is 10.0. The molecule has 29 heavy (non-hydrogen) atoms. The van der Waals surface area contributed by atoms with Crippen molar-refractivity contribution in [1.29, 1.82) is 0 Å². The molecule has 152 valence electrons. The summed E-state index contributed by atoms with van der Waals surface area (Å²) in [6, 6.07) is 15.7. The summed E-state index contributed by atoms with van der Waals surface area (Å²) in [5.41, 5.74) is 7.19. The zero-order valence-electron chi connectivity index (χ0n) is 16.3. The van der Waals surface area contributed by atoms with Gasteiger partial charge in [-0.05, 0) is 43.0 Å². The van der Waals surface area contributed by atoms with E-state index in [9.17, 15) is 4.79 Å². The monoisotopic (exact) mass is 394 g/mol. The number of carbonyl (C=O) groups is 1. The molecular formula is C22H26N4O3. The summed E-state index contributed by atoms with van der Waals surface area (Å²) in [6.07, 6.45) is 2.07. The molecule has 2 heterocycles. The van der Waals surface area contributed by atoms with Crippen LogP contribution in [0.3, 0.4) is 0 Å². The lowest BCUT2D eigenvalue weighted by Gasteiger charge is -2.23. The minimum Gasteiger partial charge on any atom is -0.457 e. The van der Waals surface area contributed by atoms with Crippen molar-refractivity contribution in [2.45, 2.75) is 25.9 Å². The summed E-state index contributed by atoms with van der Waals surface area (Å²) < 4.78 is 13.8. The molecule has 0 atom stereocenters. The number of imidazole rings is 1. The van der Waals surface area contributed by atoms with Crippen molar-refractivity contribution in [1.82, 2.24) is 14.9 Å². The van der Waals surface area contributed by atoms with E-state index < -0.39 is 0 Å². The average molecular weight is 394 g/mol. The Labute approximate surface area is 169 Å². The fraction of sp³-hybridized carbons (Fsp3) is 0.364. The third kappa shape index (κ3) is 4.93. The van der Waals surface area contributed by atoms with Crippen molar-refractivity contribution in [3.63, 3.8) is 0 Å². The van der Waals surface area contributed by atoms with Crippen LogP contribution in [-0.2, 0) is 22.6 Å². The van der Waals surface area contributed by atoms with Crippen LogP contribution < -0.4 is 15.8 Å². The van der Waals surface area contributed by atoms with E-state index in [1.165, 1.54) is 0 Å². The number of fused-ring (bicyclic) bond motifs is 1. The summed E-state index contributed by atoms with van der Waals surface area (Å²) in [5, 5.41) is 3.08. The zero-order chi connectivity index (χ0) is 20.1. The number of benzene rings is 2. The third-order valence-electron chi connectivity index (χ3n) is 5.14. The molecule has 7 nitrogen and oxygen atoms in total. The zero-order valence-corrected chi connectivity index (χ0v) is 16.3. The molecule has 1 aliphatic heterocycles. The number of hydrogen-bond donors (Lipinski definition) is 2. The van der Waals surface area contributed by atoms with Gasteiger partial charge in [-0.1, -0.05) is 18.2 Å². The fourth-order valence-corrected chi connectivity index (χ4v) is 3.66. The van der Waals surface area contributed by atoms with Crippen molar-refractivity contribution in [2.24, 2.45) is 11.7 Å². The second kappa shape index (κ2) is 9.07. The Morgan fingerprint density at radius 2 is 1.97 bits per heavy atom. The fourth-order valence-electron chi connectivity index (χ4n) is 3.66. The van der Waals surface area contributed by atoms with Gasteiger partial charge in [-0.3, -0.25) is 4.79 Å². The predicted octanol–water partition coefficient (Wildman–Crippen LogP) is 2.83. The van der Waals surface area contributed by atoms with Crippen LogP contribution in [0.5, 0.6) is 11.5 Å². The number of rotatable bonds is 8. The molecule has 0 bridgehead atoms. The number of para-hydroxylation sites is 1. The summed E-state index contributed by atoms with van der Waals surface area (Å²) >= 11 is 0. The maximum absolute atomic E-state index is 11.1. The van der Waals surface area contributed by atoms with Gasteiger partial charge in [0, 0.05) is 25.8 Å². The third-order valence-corrected chi connectivity index (χ3v) is 5.14. The van der Waals surface area contributed by atoms with Crippen molar-refractivity contribution in [3.05, 3.63) is 54.4 Å². The number of aromatic nitrogens is 2. The molecule has 1 fully saturated rings. The summed E-state index contributed by atoms with van der Waals surface area (Å²) in [6.45, 7) is 3.07. The molecule has 2 aromatic carbocycles. The highest BCUT2D eigenvalue weighted by Crippen LogP contribution is 2.28. The first-order chi connectivity index (χ1) is 14.2. The second-order valence-electron chi connectivity index (χ2n) is 7.33. The Morgan fingerprint density at radius 1 is 1.17 bits per heavy atom. The van der Waals surface area contributed by atoms with E-state index in [1.807, 2.05) is 48.5 Å². The van der Waals surface area contributed by atoms with Gasteiger partial charge in [0.1, 0.15) is 17.3 Å². The van der Waals surface area contributed by atoms with Gasteiger partial charge in [-0.2, -0.15) is 0 Å². The molecular weight excluding hydrogens is 368 g/mol. The van der Waals surface area contributed by atoms with Crippen LogP contribution in [0.1, 0.15) is 18.7 Å². The van der Waals surface area contributed by atoms with E-state index >= 15 is 0 Å². The Kier molecular flexibility index (Phi) is 6.07. The second-order valence-corrected chi connectivity index (χ2v) is 7.33. The molecule has 0 unspecified atom stereocenters. The number of hydrogen-bond acceptors (Lipinski definition) is 5. The number of nitrogens with two attached hydrogens (primary N) is 1. The topological polar surface area (TPSA) is 91.4 Å². The molecule has 1 saturated heterocycles. The van der Waals surface area contributed by atoms with Gasteiger partial charge >= 0.3 is 0 Å². The highest BCUT2D eigenvalue weighted by atomic mass is 16.5. The van der Waals surface area contributed by atoms with Crippen molar-refractivity contribution in [3.8, 4) is 11.5 Å². The Bertz CT molecular complexity index is 965. The lowest BCUT2D eigenvalue weighted by molar-refractivity contribution is -0.117. The molecule has 3 aromatic rings. The average Bonchev–Trinajstić information content (AvgIpc) is 3.06. The number of primary amides is 1. The Balaban J connectivity index is 1.63. The molecule has 7 heteroatoms. The number of nitrogens with one attached hydrogen (secondary N) is 1. The van der Waals surface area contributed by atoms with E-state index in [0.29, 0.717) is 12.5 Å². The van der Waals surface area contributed by atoms with Crippen molar-refractivity contribution in [2.75, 3.05) is 19.8 Å². The lowest BCUT2D eigenvalue weighted by Crippen LogP contribution is -2.29. The van der Waals surface area contributed by atoms with E-state index in [2.05, 4.69) is 9.88 Å². The molecule has 0 saturated carbocycles. The highest BCUT2D eigenvalue weighted by molar-refractivity contribution is 5.78. The first-order valence-corrected chi connectivity index (χ1v) is 9.98. The quantitative estimate of drug-likeness (QED) is 0.613. The van der Waals surface area contributed by atoms with Gasteiger partial charge in [0.25, 0.3) is 0 Å². The number of ether oxygens (including phenoxy) is 2. The molecule has 3 N–H and O–H groups in total. The highest BCUT2D eigenvalue weighted by Gasteiger charge is 2.19. The molecule has 1 aromatic heterocycles. The van der Waals surface area contributed by atoms with Gasteiger partial charge in [-0.25, -0.2) is 4.98 Å². The van der Waals surface area contributed by atoms with Crippen LogP contribution in [-0.4, -0.2) is 35.2 Å². The van der Waals surface area contributed by atoms with Crippen LogP contribution in [0.2, 0.25) is 0 Å². The van der Waals surface area contributed by atoms with E-state index in [0.717, 1.165) is 61.0 Å². The molecule has 0 aliphatic carbocycles. The van der Waals surface area contributed by atoms with E-state index in [1.54, 1.807) is 0 Å². The molecule has 1 amide bonds. The summed E-state index contributed by atoms with van der Waals surface area (Å²) in [4.78, 5) is 15.9. The van der Waals surface area contributed by atoms with Gasteiger partial charge < -0.3 is 25.1 Å². The number of carbonyl (C=O) groups excluding carboxylic acids is 1. The SMILES string of the molecule is NC(=O)CNCc1nc2ccc(Oc3ccccc3)cc2n1CC1CCOCC1. The molecule has 1 aliphatic rings. The Morgan fingerprint density at radius 3 is 2.72 bits per heavy atom. The van der Waals surface area contributed by atoms with E-state index in [-0.39, 0.29) is 12.5 Å². The summed E-state index contributed by atoms with van der Waals surface area (Å²) in [5.74, 6) is 2.62. The van der Waals surface area contributed by atoms with Crippen LogP contribution in [0.25, 0.3) is 11.0 Å². The van der Waals surface area contributed by atoms with Gasteiger partial charge in [-0.15, -0.1) is 0 Å². The maximum atomic E-state index is 11.1. The molecule has 0 spiro atoms. The van der Waals surface area contributed by atoms with Crippen LogP contribution in [0.15, 0.2) is 48.5 Å². The van der Waals surface area contributed by atoms with Gasteiger partial charge in [0.05, 0.1) is 24.1 Å². The Hall–Kier alpha value is -2.90. The largest absolute Gasteiger partial charge is 0.457 e. The first kappa shape index (κ1) is 19.4. The standard InChI is InChI=1S/C22H26N4O3/c23-21(27)13-24-14-22-25-19-7-6-18(29-17-4-2-1-3-5-17)12-20(19)26(22)15-16-8-10-28-11-9-16/h1-7,12,16,24H,8-11,13-15H2,(H2,23,27).